The second-order valence-electron chi connectivity index (χ2n) is 4.79. The number of rotatable bonds is 4. The third-order valence-corrected chi connectivity index (χ3v) is 3.30. The predicted octanol–water partition coefficient (Wildman–Crippen LogP) is 2.62. The topological polar surface area (TPSA) is 92.5 Å². The zero-order chi connectivity index (χ0) is 14.8. The highest BCUT2D eigenvalue weighted by Crippen LogP contribution is 2.19. The molecule has 3 heterocycles. The summed E-state index contributed by atoms with van der Waals surface area (Å²) in [5.41, 5.74) is 2.94. The molecule has 3 aromatic heterocycles. The Labute approximate surface area is 125 Å². The van der Waals surface area contributed by atoms with E-state index in [1.54, 1.807) is 18.6 Å². The minimum atomic E-state index is 0.386. The van der Waals surface area contributed by atoms with Gasteiger partial charge in [0, 0.05) is 29.9 Å². The van der Waals surface area contributed by atoms with E-state index in [1.807, 2.05) is 30.3 Å². The fourth-order valence-corrected chi connectivity index (χ4v) is 2.18. The lowest BCUT2D eigenvalue weighted by Crippen LogP contribution is -1.99. The third-order valence-electron chi connectivity index (χ3n) is 3.30. The summed E-state index contributed by atoms with van der Waals surface area (Å²) in [7, 11) is 0. The Morgan fingerprint density at radius 1 is 1.09 bits per heavy atom. The molecule has 7 nitrogen and oxygen atoms in total. The van der Waals surface area contributed by atoms with Crippen molar-refractivity contribution in [2.75, 3.05) is 5.32 Å². The molecule has 0 saturated heterocycles. The molecule has 0 aliphatic rings. The Morgan fingerprint density at radius 3 is 2.91 bits per heavy atom. The largest absolute Gasteiger partial charge is 0.403 e. The molecular formula is C15H12N6O. The maximum absolute atomic E-state index is 5.58. The number of nitrogens with zero attached hydrogens (tertiary/aromatic N) is 4. The number of nitrogens with one attached hydrogen (secondary N) is 2. The number of anilines is 1. The summed E-state index contributed by atoms with van der Waals surface area (Å²) in [4.78, 5) is 3.96. The first-order valence-electron chi connectivity index (χ1n) is 6.78. The number of pyridine rings is 1. The summed E-state index contributed by atoms with van der Waals surface area (Å²) in [6.45, 7) is 0.590. The molecule has 0 aliphatic carbocycles. The van der Waals surface area contributed by atoms with Crippen LogP contribution in [0.1, 0.15) is 5.56 Å². The lowest BCUT2D eigenvalue weighted by atomic mass is 10.2. The molecule has 22 heavy (non-hydrogen) atoms. The van der Waals surface area contributed by atoms with Crippen LogP contribution in [0.25, 0.3) is 22.4 Å². The normalized spacial score (nSPS) is 10.9. The Bertz CT molecular complexity index is 898. The van der Waals surface area contributed by atoms with Gasteiger partial charge in [0.2, 0.25) is 5.89 Å². The van der Waals surface area contributed by atoms with Crippen LogP contribution in [0.5, 0.6) is 0 Å². The van der Waals surface area contributed by atoms with E-state index in [-0.39, 0.29) is 0 Å². The first-order chi connectivity index (χ1) is 10.9. The molecule has 0 spiro atoms. The van der Waals surface area contributed by atoms with Crippen LogP contribution in [0.2, 0.25) is 0 Å². The summed E-state index contributed by atoms with van der Waals surface area (Å²) >= 11 is 0. The molecule has 0 bridgehead atoms. The van der Waals surface area contributed by atoms with Crippen molar-refractivity contribution in [3.05, 3.63) is 54.5 Å². The van der Waals surface area contributed by atoms with E-state index in [0.717, 1.165) is 22.0 Å². The van der Waals surface area contributed by atoms with Crippen molar-refractivity contribution in [2.24, 2.45) is 0 Å². The molecule has 0 saturated carbocycles. The van der Waals surface area contributed by atoms with Gasteiger partial charge in [-0.15, -0.1) is 5.10 Å². The number of H-pyrrole nitrogens is 1. The molecule has 0 unspecified atom stereocenters. The van der Waals surface area contributed by atoms with E-state index in [0.29, 0.717) is 18.5 Å². The SMILES string of the molecule is c1cc(-c2nnc(NCc3ccc4cn[nH]c4c3)o2)ccn1. The molecule has 0 atom stereocenters. The van der Waals surface area contributed by atoms with E-state index in [4.69, 9.17) is 4.42 Å². The van der Waals surface area contributed by atoms with E-state index in [1.165, 1.54) is 0 Å². The number of fused-ring (bicyclic) bond motifs is 1. The van der Waals surface area contributed by atoms with Crippen LogP contribution in [-0.4, -0.2) is 25.4 Å². The van der Waals surface area contributed by atoms with Crippen LogP contribution in [0.3, 0.4) is 0 Å². The fraction of sp³-hybridized carbons (Fsp3) is 0.0667. The lowest BCUT2D eigenvalue weighted by Gasteiger charge is -2.01. The predicted molar refractivity (Wildman–Crippen MR) is 80.9 cm³/mol. The smallest absolute Gasteiger partial charge is 0.316 e. The molecule has 0 fully saturated rings. The van der Waals surface area contributed by atoms with Gasteiger partial charge in [0.25, 0.3) is 0 Å². The van der Waals surface area contributed by atoms with E-state index in [9.17, 15) is 0 Å². The molecule has 7 heteroatoms. The zero-order valence-electron chi connectivity index (χ0n) is 11.5. The van der Waals surface area contributed by atoms with Crippen molar-refractivity contribution in [1.29, 1.82) is 0 Å². The van der Waals surface area contributed by atoms with Gasteiger partial charge in [-0.25, -0.2) is 0 Å². The minimum absolute atomic E-state index is 0.386. The molecule has 0 aliphatic heterocycles. The molecular weight excluding hydrogens is 280 g/mol. The second kappa shape index (κ2) is 5.28. The monoisotopic (exact) mass is 292 g/mol. The average Bonchev–Trinajstić information content (AvgIpc) is 3.22. The van der Waals surface area contributed by atoms with Crippen LogP contribution in [-0.2, 0) is 6.54 Å². The fourth-order valence-electron chi connectivity index (χ4n) is 2.18. The van der Waals surface area contributed by atoms with Crippen molar-refractivity contribution >= 4 is 16.9 Å². The van der Waals surface area contributed by atoms with Gasteiger partial charge in [-0.1, -0.05) is 17.2 Å². The Morgan fingerprint density at radius 2 is 2.00 bits per heavy atom. The van der Waals surface area contributed by atoms with Gasteiger partial charge >= 0.3 is 6.01 Å². The van der Waals surface area contributed by atoms with Gasteiger partial charge in [0.05, 0.1) is 11.7 Å². The Kier molecular flexibility index (Phi) is 3.01. The lowest BCUT2D eigenvalue weighted by molar-refractivity contribution is 0.581. The number of aromatic amines is 1. The molecule has 0 radical (unpaired) electrons. The molecule has 108 valence electrons. The van der Waals surface area contributed by atoms with Crippen LogP contribution < -0.4 is 5.32 Å². The minimum Gasteiger partial charge on any atom is -0.403 e. The number of benzene rings is 1. The summed E-state index contributed by atoms with van der Waals surface area (Å²) in [5.74, 6) is 0.467. The van der Waals surface area contributed by atoms with Crippen molar-refractivity contribution in [3.63, 3.8) is 0 Å². The molecule has 4 aromatic rings. The van der Waals surface area contributed by atoms with E-state index >= 15 is 0 Å². The number of aromatic nitrogens is 5. The number of hydrogen-bond donors (Lipinski definition) is 2. The highest BCUT2D eigenvalue weighted by atomic mass is 16.4. The van der Waals surface area contributed by atoms with Crippen LogP contribution in [0, 0.1) is 0 Å². The summed E-state index contributed by atoms with van der Waals surface area (Å²) in [6.07, 6.45) is 5.17. The van der Waals surface area contributed by atoms with Gasteiger partial charge in [-0.05, 0) is 23.8 Å². The van der Waals surface area contributed by atoms with Crippen molar-refractivity contribution < 1.29 is 4.42 Å². The van der Waals surface area contributed by atoms with Crippen LogP contribution in [0.4, 0.5) is 6.01 Å². The first-order valence-corrected chi connectivity index (χ1v) is 6.78. The second-order valence-corrected chi connectivity index (χ2v) is 4.79. The van der Waals surface area contributed by atoms with Gasteiger partial charge in [0.1, 0.15) is 0 Å². The zero-order valence-corrected chi connectivity index (χ0v) is 11.5. The van der Waals surface area contributed by atoms with Crippen molar-refractivity contribution in [3.8, 4) is 11.5 Å². The summed E-state index contributed by atoms with van der Waals surface area (Å²) < 4.78 is 5.58. The van der Waals surface area contributed by atoms with Crippen LogP contribution in [0.15, 0.2) is 53.3 Å². The van der Waals surface area contributed by atoms with Gasteiger partial charge in [0.15, 0.2) is 0 Å². The maximum atomic E-state index is 5.58. The molecule has 1 aromatic carbocycles. The third kappa shape index (κ3) is 2.39. The maximum Gasteiger partial charge on any atom is 0.316 e. The Balaban J connectivity index is 1.48. The van der Waals surface area contributed by atoms with Crippen LogP contribution >= 0.6 is 0 Å². The molecule has 2 N–H and O–H groups in total. The molecule has 4 rings (SSSR count). The van der Waals surface area contributed by atoms with Crippen molar-refractivity contribution in [1.82, 2.24) is 25.4 Å². The number of hydrogen-bond acceptors (Lipinski definition) is 6. The van der Waals surface area contributed by atoms with Gasteiger partial charge in [-0.2, -0.15) is 5.10 Å². The van der Waals surface area contributed by atoms with Gasteiger partial charge < -0.3 is 9.73 Å². The van der Waals surface area contributed by atoms with Gasteiger partial charge in [-0.3, -0.25) is 10.1 Å². The standard InChI is InChI=1S/C15H12N6O/c1-2-12-9-18-19-13(12)7-10(1)8-17-15-21-20-14(22-15)11-3-5-16-6-4-11/h1-7,9H,8H2,(H,17,21)(H,18,19). The first kappa shape index (κ1) is 12.5. The average molecular weight is 292 g/mol. The molecule has 0 amide bonds. The Hall–Kier alpha value is -3.22. The highest BCUT2D eigenvalue weighted by molar-refractivity contribution is 5.78. The summed E-state index contributed by atoms with van der Waals surface area (Å²) in [5, 5.41) is 19.2. The van der Waals surface area contributed by atoms with E-state index < -0.39 is 0 Å². The van der Waals surface area contributed by atoms with Crippen molar-refractivity contribution in [2.45, 2.75) is 6.54 Å². The van der Waals surface area contributed by atoms with E-state index in [2.05, 4.69) is 30.7 Å². The summed E-state index contributed by atoms with van der Waals surface area (Å²) in [6, 6.07) is 10.1. The quantitative estimate of drug-likeness (QED) is 0.600. The highest BCUT2D eigenvalue weighted by Gasteiger charge is 2.08.